The van der Waals surface area contributed by atoms with Crippen LogP contribution >= 0.6 is 0 Å². The third kappa shape index (κ3) is 3.15. The summed E-state index contributed by atoms with van der Waals surface area (Å²) in [6, 6.07) is 10.6. The maximum absolute atomic E-state index is 11.1. The molecule has 2 heterocycles. The largest absolute Gasteiger partial charge is 0.481 e. The van der Waals surface area contributed by atoms with Gasteiger partial charge in [0.15, 0.2) is 0 Å². The highest BCUT2D eigenvalue weighted by atomic mass is 16.4. The van der Waals surface area contributed by atoms with Crippen molar-refractivity contribution in [2.45, 2.75) is 62.5 Å². The molecule has 0 aromatic heterocycles. The van der Waals surface area contributed by atoms with Crippen molar-refractivity contribution in [2.75, 3.05) is 13.1 Å². The number of fused-ring (bicyclic) bond motifs is 1. The third-order valence-corrected chi connectivity index (χ3v) is 6.03. The molecule has 4 nitrogen and oxygen atoms in total. The smallest absolute Gasteiger partial charge is 0.306 e. The lowest BCUT2D eigenvalue weighted by atomic mass is 9.65. The summed E-state index contributed by atoms with van der Waals surface area (Å²) in [5.41, 5.74) is 0.338. The number of hydrogen-bond acceptors (Lipinski definition) is 3. The van der Waals surface area contributed by atoms with Crippen molar-refractivity contribution in [1.29, 1.82) is 0 Å². The van der Waals surface area contributed by atoms with Crippen LogP contribution in [0.3, 0.4) is 0 Å². The maximum Gasteiger partial charge on any atom is 0.306 e. The summed E-state index contributed by atoms with van der Waals surface area (Å²) in [5.74, 6) is -0.908. The predicted octanol–water partition coefficient (Wildman–Crippen LogP) is 2.80. The molecule has 4 heteroatoms. The van der Waals surface area contributed by atoms with E-state index in [0.717, 1.165) is 25.9 Å². The normalized spacial score (nSPS) is 38.0. The van der Waals surface area contributed by atoms with E-state index in [1.54, 1.807) is 0 Å². The van der Waals surface area contributed by atoms with Gasteiger partial charge in [0.25, 0.3) is 0 Å². The van der Waals surface area contributed by atoms with Crippen LogP contribution in [0.1, 0.15) is 51.5 Å². The lowest BCUT2D eigenvalue weighted by Gasteiger charge is -2.57. The van der Waals surface area contributed by atoms with Crippen LogP contribution in [-0.4, -0.2) is 45.3 Å². The summed E-state index contributed by atoms with van der Waals surface area (Å²) in [5, 5.41) is 19.8. The van der Waals surface area contributed by atoms with Gasteiger partial charge in [0.1, 0.15) is 0 Å². The molecular weight excluding hydrogens is 290 g/mol. The zero-order chi connectivity index (χ0) is 16.7. The molecule has 23 heavy (non-hydrogen) atoms. The number of aliphatic carboxylic acids is 1. The Morgan fingerprint density at radius 1 is 1.17 bits per heavy atom. The fourth-order valence-corrected chi connectivity index (χ4v) is 4.59. The molecule has 0 radical (unpaired) electrons. The molecule has 2 fully saturated rings. The lowest BCUT2D eigenvalue weighted by molar-refractivity contribution is -0.151. The molecule has 126 valence electrons. The van der Waals surface area contributed by atoms with E-state index in [4.69, 9.17) is 5.11 Å². The second-order valence-electron chi connectivity index (χ2n) is 8.07. The number of piperidine rings is 2. The molecule has 0 saturated carbocycles. The molecule has 1 aromatic rings. The van der Waals surface area contributed by atoms with Gasteiger partial charge >= 0.3 is 5.97 Å². The van der Waals surface area contributed by atoms with Gasteiger partial charge in [-0.1, -0.05) is 37.3 Å². The average molecular weight is 317 g/mol. The highest BCUT2D eigenvalue weighted by Gasteiger charge is 2.51. The van der Waals surface area contributed by atoms with Crippen LogP contribution in [0.25, 0.3) is 0 Å². The average Bonchev–Trinajstić information content (AvgIpc) is 2.48. The van der Waals surface area contributed by atoms with E-state index in [1.807, 2.05) is 6.07 Å². The second-order valence-corrected chi connectivity index (χ2v) is 8.07. The predicted molar refractivity (Wildman–Crippen MR) is 89.4 cm³/mol. The molecule has 3 rings (SSSR count). The zero-order valence-electron chi connectivity index (χ0n) is 14.1. The Morgan fingerprint density at radius 3 is 2.52 bits per heavy atom. The first-order valence-electron chi connectivity index (χ1n) is 8.50. The number of hydrogen-bond donors (Lipinski definition) is 2. The van der Waals surface area contributed by atoms with Crippen LogP contribution in [0.4, 0.5) is 0 Å². The van der Waals surface area contributed by atoms with Gasteiger partial charge in [0, 0.05) is 24.0 Å². The molecule has 2 saturated heterocycles. The number of aliphatic hydroxyl groups is 1. The van der Waals surface area contributed by atoms with Crippen LogP contribution in [0.2, 0.25) is 0 Å². The van der Waals surface area contributed by atoms with Crippen molar-refractivity contribution in [2.24, 2.45) is 0 Å². The Hall–Kier alpha value is -1.39. The molecule has 0 spiro atoms. The van der Waals surface area contributed by atoms with E-state index in [1.165, 1.54) is 5.56 Å². The Bertz CT molecular complexity index is 590. The molecule has 3 atom stereocenters. The first kappa shape index (κ1) is 16.5. The fraction of sp³-hybridized carbons (Fsp3) is 0.632. The summed E-state index contributed by atoms with van der Waals surface area (Å²) in [4.78, 5) is 13.5. The molecule has 3 unspecified atom stereocenters. The number of carboxylic acid groups (broad SMARTS) is 1. The van der Waals surface area contributed by atoms with Gasteiger partial charge in [-0.2, -0.15) is 0 Å². The van der Waals surface area contributed by atoms with Crippen LogP contribution < -0.4 is 0 Å². The topological polar surface area (TPSA) is 60.8 Å². The van der Waals surface area contributed by atoms with E-state index < -0.39 is 11.6 Å². The SMILES string of the molecule is CC1(c2ccccc2)CCC2(C)CC(O)(CC(=O)O)CCN2C1. The Balaban J connectivity index is 1.78. The monoisotopic (exact) mass is 317 g/mol. The number of rotatable bonds is 3. The van der Waals surface area contributed by atoms with Gasteiger partial charge in [0.05, 0.1) is 12.0 Å². The Morgan fingerprint density at radius 2 is 1.87 bits per heavy atom. The van der Waals surface area contributed by atoms with Crippen LogP contribution in [0.15, 0.2) is 30.3 Å². The highest BCUT2D eigenvalue weighted by molar-refractivity contribution is 5.68. The number of nitrogens with zero attached hydrogens (tertiary/aromatic N) is 1. The summed E-state index contributed by atoms with van der Waals surface area (Å²) < 4.78 is 0. The lowest BCUT2D eigenvalue weighted by Crippen LogP contribution is -2.63. The first-order chi connectivity index (χ1) is 10.7. The summed E-state index contributed by atoms with van der Waals surface area (Å²) >= 11 is 0. The van der Waals surface area contributed by atoms with E-state index in [-0.39, 0.29) is 17.4 Å². The van der Waals surface area contributed by atoms with Crippen molar-refractivity contribution < 1.29 is 15.0 Å². The van der Waals surface area contributed by atoms with Gasteiger partial charge in [-0.3, -0.25) is 9.69 Å². The zero-order valence-corrected chi connectivity index (χ0v) is 14.1. The minimum Gasteiger partial charge on any atom is -0.481 e. The quantitative estimate of drug-likeness (QED) is 0.900. The van der Waals surface area contributed by atoms with E-state index in [9.17, 15) is 9.90 Å². The highest BCUT2D eigenvalue weighted by Crippen LogP contribution is 2.47. The summed E-state index contributed by atoms with van der Waals surface area (Å²) in [6.45, 7) is 6.24. The van der Waals surface area contributed by atoms with Gasteiger partial charge in [0.2, 0.25) is 0 Å². The van der Waals surface area contributed by atoms with Crippen LogP contribution in [-0.2, 0) is 10.2 Å². The van der Waals surface area contributed by atoms with Gasteiger partial charge in [-0.25, -0.2) is 0 Å². The first-order valence-corrected chi connectivity index (χ1v) is 8.50. The number of carboxylic acids is 1. The van der Waals surface area contributed by atoms with E-state index in [0.29, 0.717) is 12.8 Å². The standard InChI is InChI=1S/C19H27NO3/c1-17(15-6-4-3-5-7-15)8-9-18(2)13-19(23,12-16(21)22)10-11-20(18)14-17/h3-7,23H,8-14H2,1-2H3,(H,21,22). The molecule has 0 aliphatic carbocycles. The van der Waals surface area contributed by atoms with Crippen molar-refractivity contribution in [3.05, 3.63) is 35.9 Å². The molecular formula is C19H27NO3. The van der Waals surface area contributed by atoms with Crippen molar-refractivity contribution in [3.63, 3.8) is 0 Å². The van der Waals surface area contributed by atoms with E-state index >= 15 is 0 Å². The molecule has 0 amide bonds. The van der Waals surface area contributed by atoms with Crippen molar-refractivity contribution in [3.8, 4) is 0 Å². The molecule has 1 aromatic carbocycles. The summed E-state index contributed by atoms with van der Waals surface area (Å²) in [6.07, 6.45) is 3.00. The molecule has 2 aliphatic rings. The van der Waals surface area contributed by atoms with Crippen LogP contribution in [0.5, 0.6) is 0 Å². The van der Waals surface area contributed by atoms with Gasteiger partial charge in [-0.15, -0.1) is 0 Å². The molecule has 2 N–H and O–H groups in total. The van der Waals surface area contributed by atoms with Gasteiger partial charge in [-0.05, 0) is 38.2 Å². The second kappa shape index (κ2) is 5.60. The van der Waals surface area contributed by atoms with Crippen molar-refractivity contribution in [1.82, 2.24) is 4.90 Å². The molecule has 0 bridgehead atoms. The fourth-order valence-electron chi connectivity index (χ4n) is 4.59. The van der Waals surface area contributed by atoms with Crippen LogP contribution in [0, 0.1) is 0 Å². The minimum atomic E-state index is -1.06. The van der Waals surface area contributed by atoms with Gasteiger partial charge < -0.3 is 10.2 Å². The molecule has 2 aliphatic heterocycles. The van der Waals surface area contributed by atoms with E-state index in [2.05, 4.69) is 43.0 Å². The Labute approximate surface area is 138 Å². The Kier molecular flexibility index (Phi) is 4.01. The van der Waals surface area contributed by atoms with Crippen molar-refractivity contribution >= 4 is 5.97 Å². The summed E-state index contributed by atoms with van der Waals surface area (Å²) in [7, 11) is 0. The maximum atomic E-state index is 11.1. The third-order valence-electron chi connectivity index (χ3n) is 6.03. The number of carbonyl (C=O) groups is 1. The minimum absolute atomic E-state index is 0.100. The number of benzene rings is 1.